The Morgan fingerprint density at radius 3 is 2.88 bits per heavy atom. The van der Waals surface area contributed by atoms with E-state index < -0.39 is 11.8 Å². The van der Waals surface area contributed by atoms with Crippen molar-refractivity contribution < 1.29 is 9.59 Å². The van der Waals surface area contributed by atoms with Crippen molar-refractivity contribution >= 4 is 23.2 Å². The predicted molar refractivity (Wildman–Crippen MR) is 61.9 cm³/mol. The van der Waals surface area contributed by atoms with Crippen LogP contribution in [-0.2, 0) is 16.1 Å². The highest BCUT2D eigenvalue weighted by atomic mass is 32.1. The molecule has 0 unspecified atom stereocenters. The number of nitrogens with one attached hydrogen (secondary N) is 1. The molecule has 2 amide bonds. The fourth-order valence-corrected chi connectivity index (χ4v) is 1.96. The molecule has 90 valence electrons. The van der Waals surface area contributed by atoms with Crippen molar-refractivity contribution in [3.05, 3.63) is 16.1 Å². The molecule has 0 saturated carbocycles. The zero-order valence-electron chi connectivity index (χ0n) is 9.56. The van der Waals surface area contributed by atoms with E-state index in [4.69, 9.17) is 5.26 Å². The van der Waals surface area contributed by atoms with E-state index in [-0.39, 0.29) is 6.54 Å². The number of carbonyl (C=O) groups excluding carboxylic acids is 2. The lowest BCUT2D eigenvalue weighted by Gasteiger charge is -2.15. The van der Waals surface area contributed by atoms with Gasteiger partial charge in [0, 0.05) is 11.9 Å². The molecule has 0 atom stereocenters. The SMILES string of the molecule is Cc1ncsc1CN(C)C(=O)C(=O)NCC#N. The van der Waals surface area contributed by atoms with E-state index in [1.165, 1.54) is 23.3 Å². The standard InChI is InChI=1S/C10H12N4O2S/c1-7-8(17-6-13-7)5-14(2)10(16)9(15)12-4-3-11/h6H,4-5H2,1-2H3,(H,12,15). The van der Waals surface area contributed by atoms with E-state index >= 15 is 0 Å². The van der Waals surface area contributed by atoms with Gasteiger partial charge in [0.05, 0.1) is 23.8 Å². The molecule has 1 rings (SSSR count). The molecule has 1 heterocycles. The molecule has 0 bridgehead atoms. The normalized spacial score (nSPS) is 9.47. The van der Waals surface area contributed by atoms with Crippen molar-refractivity contribution in [2.75, 3.05) is 13.6 Å². The van der Waals surface area contributed by atoms with E-state index in [1.54, 1.807) is 11.6 Å². The third-order valence-electron chi connectivity index (χ3n) is 2.09. The molecular weight excluding hydrogens is 240 g/mol. The maximum atomic E-state index is 11.6. The van der Waals surface area contributed by atoms with Crippen LogP contribution in [0.5, 0.6) is 0 Å². The Kier molecular flexibility index (Phi) is 4.60. The number of hydrogen-bond acceptors (Lipinski definition) is 5. The number of amides is 2. The molecule has 0 saturated heterocycles. The summed E-state index contributed by atoms with van der Waals surface area (Å²) in [5.74, 6) is -1.43. The Hall–Kier alpha value is -1.94. The molecule has 1 N–H and O–H groups in total. The van der Waals surface area contributed by atoms with Gasteiger partial charge in [0.15, 0.2) is 0 Å². The van der Waals surface area contributed by atoms with Crippen molar-refractivity contribution in [1.82, 2.24) is 15.2 Å². The largest absolute Gasteiger partial charge is 0.335 e. The molecule has 0 aromatic carbocycles. The number of likely N-dealkylation sites (N-methyl/N-ethyl adjacent to an activating group) is 1. The molecule has 6 nitrogen and oxygen atoms in total. The van der Waals surface area contributed by atoms with Gasteiger partial charge < -0.3 is 10.2 Å². The summed E-state index contributed by atoms with van der Waals surface area (Å²) in [5, 5.41) is 10.5. The van der Waals surface area contributed by atoms with E-state index in [0.717, 1.165) is 10.6 Å². The van der Waals surface area contributed by atoms with Gasteiger partial charge in [-0.3, -0.25) is 9.59 Å². The number of nitrogens with zero attached hydrogens (tertiary/aromatic N) is 3. The number of carbonyl (C=O) groups is 2. The first kappa shape index (κ1) is 13.1. The van der Waals surface area contributed by atoms with Crippen LogP contribution in [0.15, 0.2) is 5.51 Å². The summed E-state index contributed by atoms with van der Waals surface area (Å²) < 4.78 is 0. The highest BCUT2D eigenvalue weighted by Crippen LogP contribution is 2.13. The molecule has 17 heavy (non-hydrogen) atoms. The number of nitriles is 1. The Labute approximate surface area is 103 Å². The summed E-state index contributed by atoms with van der Waals surface area (Å²) >= 11 is 1.44. The van der Waals surface area contributed by atoms with E-state index in [2.05, 4.69) is 10.3 Å². The number of aromatic nitrogens is 1. The summed E-state index contributed by atoms with van der Waals surface area (Å²) in [6.07, 6.45) is 0. The summed E-state index contributed by atoms with van der Waals surface area (Å²) in [6, 6.07) is 1.74. The molecule has 0 aliphatic rings. The molecule has 0 spiro atoms. The average Bonchev–Trinajstić information content (AvgIpc) is 2.70. The van der Waals surface area contributed by atoms with Crippen LogP contribution < -0.4 is 5.32 Å². The van der Waals surface area contributed by atoms with E-state index in [0.29, 0.717) is 6.54 Å². The van der Waals surface area contributed by atoms with Crippen LogP contribution in [-0.4, -0.2) is 35.3 Å². The van der Waals surface area contributed by atoms with Crippen molar-refractivity contribution in [2.24, 2.45) is 0 Å². The highest BCUT2D eigenvalue weighted by molar-refractivity contribution is 7.09. The molecule has 1 aromatic heterocycles. The third kappa shape index (κ3) is 3.53. The monoisotopic (exact) mass is 252 g/mol. The van der Waals surface area contributed by atoms with E-state index in [9.17, 15) is 9.59 Å². The first-order valence-corrected chi connectivity index (χ1v) is 5.73. The van der Waals surface area contributed by atoms with Crippen molar-refractivity contribution in [3.8, 4) is 6.07 Å². The summed E-state index contributed by atoms with van der Waals surface area (Å²) in [4.78, 5) is 29.2. The van der Waals surface area contributed by atoms with Crippen molar-refractivity contribution in [2.45, 2.75) is 13.5 Å². The maximum Gasteiger partial charge on any atom is 0.311 e. The number of rotatable bonds is 3. The second-order valence-corrected chi connectivity index (χ2v) is 4.30. The molecular formula is C10H12N4O2S. The van der Waals surface area contributed by atoms with Crippen LogP contribution in [0.2, 0.25) is 0 Å². The Morgan fingerprint density at radius 1 is 1.65 bits per heavy atom. The second kappa shape index (κ2) is 5.96. The van der Waals surface area contributed by atoms with Gasteiger partial charge in [0.2, 0.25) is 0 Å². The van der Waals surface area contributed by atoms with Crippen LogP contribution in [0.1, 0.15) is 10.6 Å². The Balaban J connectivity index is 2.56. The zero-order valence-corrected chi connectivity index (χ0v) is 10.4. The fraction of sp³-hybridized carbons (Fsp3) is 0.400. The summed E-state index contributed by atoms with van der Waals surface area (Å²) in [7, 11) is 1.54. The average molecular weight is 252 g/mol. The molecule has 0 fully saturated rings. The maximum absolute atomic E-state index is 11.6. The van der Waals surface area contributed by atoms with Gasteiger partial charge in [0.1, 0.15) is 6.54 Å². The van der Waals surface area contributed by atoms with Gasteiger partial charge in [-0.1, -0.05) is 0 Å². The minimum absolute atomic E-state index is 0.169. The predicted octanol–water partition coefficient (Wildman–Crippen LogP) is 0.0497. The van der Waals surface area contributed by atoms with Crippen LogP contribution >= 0.6 is 11.3 Å². The molecule has 0 aliphatic heterocycles. The Morgan fingerprint density at radius 2 is 2.35 bits per heavy atom. The fourth-order valence-electron chi connectivity index (χ4n) is 1.13. The number of thiazole rings is 1. The lowest BCUT2D eigenvalue weighted by Crippen LogP contribution is -2.40. The summed E-state index contributed by atoms with van der Waals surface area (Å²) in [6.45, 7) is 2.02. The van der Waals surface area contributed by atoms with Gasteiger partial charge in [-0.2, -0.15) is 5.26 Å². The van der Waals surface area contributed by atoms with Crippen LogP contribution in [0.3, 0.4) is 0 Å². The zero-order chi connectivity index (χ0) is 12.8. The van der Waals surface area contributed by atoms with Crippen molar-refractivity contribution in [3.63, 3.8) is 0 Å². The van der Waals surface area contributed by atoms with E-state index in [1.807, 2.05) is 6.92 Å². The van der Waals surface area contributed by atoms with Gasteiger partial charge >= 0.3 is 11.8 Å². The summed E-state index contributed by atoms with van der Waals surface area (Å²) in [5.41, 5.74) is 2.55. The van der Waals surface area contributed by atoms with Gasteiger partial charge in [-0.25, -0.2) is 4.98 Å². The molecule has 1 aromatic rings. The third-order valence-corrected chi connectivity index (χ3v) is 3.01. The van der Waals surface area contributed by atoms with Crippen molar-refractivity contribution in [1.29, 1.82) is 5.26 Å². The lowest BCUT2D eigenvalue weighted by molar-refractivity contribution is -0.145. The van der Waals surface area contributed by atoms with Crippen LogP contribution in [0.4, 0.5) is 0 Å². The quantitative estimate of drug-likeness (QED) is 0.608. The number of hydrogen-bond donors (Lipinski definition) is 1. The minimum atomic E-state index is -0.767. The topological polar surface area (TPSA) is 86.1 Å². The highest BCUT2D eigenvalue weighted by Gasteiger charge is 2.19. The first-order valence-electron chi connectivity index (χ1n) is 4.85. The van der Waals surface area contributed by atoms with Gasteiger partial charge in [0.25, 0.3) is 0 Å². The van der Waals surface area contributed by atoms with Gasteiger partial charge in [-0.15, -0.1) is 11.3 Å². The second-order valence-electron chi connectivity index (χ2n) is 3.36. The first-order chi connectivity index (χ1) is 8.06. The molecule has 0 aliphatic carbocycles. The molecule has 0 radical (unpaired) electrons. The number of aryl methyl sites for hydroxylation is 1. The van der Waals surface area contributed by atoms with Crippen LogP contribution in [0.25, 0.3) is 0 Å². The molecule has 7 heteroatoms. The minimum Gasteiger partial charge on any atom is -0.335 e. The Bertz CT molecular complexity index is 463. The lowest BCUT2D eigenvalue weighted by atomic mass is 10.3. The van der Waals surface area contributed by atoms with Gasteiger partial charge in [-0.05, 0) is 6.92 Å². The van der Waals surface area contributed by atoms with Crippen LogP contribution in [0, 0.1) is 18.3 Å². The smallest absolute Gasteiger partial charge is 0.311 e.